The molecular weight excluding hydrogens is 609 g/mol. The minimum atomic E-state index is -0.491. The van der Waals surface area contributed by atoms with Crippen molar-refractivity contribution < 1.29 is 23.9 Å². The summed E-state index contributed by atoms with van der Waals surface area (Å²) < 4.78 is 4.96. The Morgan fingerprint density at radius 3 is 2.47 bits per heavy atom. The van der Waals surface area contributed by atoms with Crippen molar-refractivity contribution in [1.82, 2.24) is 10.3 Å². The number of aromatic nitrogens is 1. The lowest BCUT2D eigenvalue weighted by atomic mass is 10.1. The summed E-state index contributed by atoms with van der Waals surface area (Å²) in [5, 5.41) is 10.2. The summed E-state index contributed by atoms with van der Waals surface area (Å²) in [5.74, 6) is -1.49. The second-order valence-electron chi connectivity index (χ2n) is 9.90. The summed E-state index contributed by atoms with van der Waals surface area (Å²) in [6, 6.07) is 23.5. The molecule has 4 rings (SSSR count). The molecule has 232 valence electrons. The van der Waals surface area contributed by atoms with E-state index in [1.807, 2.05) is 50.2 Å². The second-order valence-corrected chi connectivity index (χ2v) is 12.0. The van der Waals surface area contributed by atoms with Crippen LogP contribution in [0.3, 0.4) is 0 Å². The number of nitrogens with one attached hydrogen (secondary N) is 3. The zero-order chi connectivity index (χ0) is 32.2. The molecule has 45 heavy (non-hydrogen) atoms. The molecule has 0 fully saturated rings. The molecule has 11 heteroatoms. The van der Waals surface area contributed by atoms with Crippen LogP contribution in [0.2, 0.25) is 0 Å². The number of esters is 1. The summed E-state index contributed by atoms with van der Waals surface area (Å²) in [6.07, 6.45) is 2.22. The van der Waals surface area contributed by atoms with Crippen LogP contribution in [0.4, 0.5) is 10.8 Å². The number of hydrogen-bond donors (Lipinski definition) is 3. The first-order valence-electron chi connectivity index (χ1n) is 14.4. The lowest BCUT2D eigenvalue weighted by molar-refractivity contribution is -0.142. The molecule has 0 bridgehead atoms. The van der Waals surface area contributed by atoms with Gasteiger partial charge in [-0.05, 0) is 62.2 Å². The van der Waals surface area contributed by atoms with E-state index in [-0.39, 0.29) is 24.0 Å². The minimum Gasteiger partial charge on any atom is -0.466 e. The molecule has 0 radical (unpaired) electrons. The van der Waals surface area contributed by atoms with Gasteiger partial charge in [-0.2, -0.15) is 0 Å². The number of carbonyl (C=O) groups excluding carboxylic acids is 4. The van der Waals surface area contributed by atoms with Gasteiger partial charge in [-0.25, -0.2) is 4.98 Å². The van der Waals surface area contributed by atoms with E-state index < -0.39 is 17.1 Å². The van der Waals surface area contributed by atoms with Crippen molar-refractivity contribution in [3.63, 3.8) is 0 Å². The number of thiazole rings is 1. The summed E-state index contributed by atoms with van der Waals surface area (Å²) in [4.78, 5) is 56.3. The molecule has 3 amide bonds. The van der Waals surface area contributed by atoms with Gasteiger partial charge in [0.05, 0.1) is 24.0 Å². The highest BCUT2D eigenvalue weighted by atomic mass is 32.2. The predicted octanol–water partition coefficient (Wildman–Crippen LogP) is 6.48. The predicted molar refractivity (Wildman–Crippen MR) is 179 cm³/mol. The van der Waals surface area contributed by atoms with Gasteiger partial charge in [0.25, 0.3) is 11.8 Å². The minimum absolute atomic E-state index is 0.0442. The van der Waals surface area contributed by atoms with Crippen LogP contribution in [-0.2, 0) is 25.5 Å². The van der Waals surface area contributed by atoms with Gasteiger partial charge in [-0.1, -0.05) is 61.0 Å². The van der Waals surface area contributed by atoms with Crippen molar-refractivity contribution >= 4 is 63.7 Å². The fourth-order valence-corrected chi connectivity index (χ4v) is 5.92. The van der Waals surface area contributed by atoms with Gasteiger partial charge < -0.3 is 20.7 Å². The standard InChI is InChI=1S/C34H34N4O5S2/c1-4-29(33(42)38-34-36-26(21-44-34)20-30(39)43-5-2)45-27-16-10-15-25(19-27)35-32(41)28(18-23-12-9-11-22(3)17-23)37-31(40)24-13-7-6-8-14-24/h6-19,21,29H,4-5,20H2,1-3H3,(H,35,41)(H,37,40)(H,36,38,42)/b28-18+. The molecule has 1 unspecified atom stereocenters. The normalized spacial score (nSPS) is 11.8. The van der Waals surface area contributed by atoms with Crippen LogP contribution >= 0.6 is 23.1 Å². The third kappa shape index (κ3) is 10.2. The van der Waals surface area contributed by atoms with Crippen molar-refractivity contribution in [3.05, 3.63) is 112 Å². The molecule has 0 aliphatic carbocycles. The maximum Gasteiger partial charge on any atom is 0.311 e. The molecule has 9 nitrogen and oxygen atoms in total. The average Bonchev–Trinajstić information content (AvgIpc) is 3.46. The maximum atomic E-state index is 13.5. The third-order valence-corrected chi connectivity index (χ3v) is 8.49. The Hall–Kier alpha value is -4.74. The van der Waals surface area contributed by atoms with Gasteiger partial charge >= 0.3 is 5.97 Å². The van der Waals surface area contributed by atoms with E-state index >= 15 is 0 Å². The summed E-state index contributed by atoms with van der Waals surface area (Å²) in [7, 11) is 0. The quantitative estimate of drug-likeness (QED) is 0.0866. The van der Waals surface area contributed by atoms with Gasteiger partial charge in [0.15, 0.2) is 5.13 Å². The highest BCUT2D eigenvalue weighted by Crippen LogP contribution is 2.29. The van der Waals surface area contributed by atoms with Crippen LogP contribution in [-0.4, -0.2) is 40.5 Å². The van der Waals surface area contributed by atoms with E-state index in [4.69, 9.17) is 4.74 Å². The summed E-state index contributed by atoms with van der Waals surface area (Å²) >= 11 is 2.60. The Morgan fingerprint density at radius 1 is 0.956 bits per heavy atom. The first kappa shape index (κ1) is 33.2. The van der Waals surface area contributed by atoms with E-state index in [9.17, 15) is 19.2 Å². The average molecular weight is 643 g/mol. The highest BCUT2D eigenvalue weighted by Gasteiger charge is 2.21. The molecule has 4 aromatic rings. The monoisotopic (exact) mass is 642 g/mol. The first-order chi connectivity index (χ1) is 21.7. The second kappa shape index (κ2) is 16.4. The van der Waals surface area contributed by atoms with E-state index in [1.165, 1.54) is 23.1 Å². The largest absolute Gasteiger partial charge is 0.466 e. The number of anilines is 2. The van der Waals surface area contributed by atoms with E-state index in [0.717, 1.165) is 16.0 Å². The summed E-state index contributed by atoms with van der Waals surface area (Å²) in [5.41, 5.74) is 3.34. The van der Waals surface area contributed by atoms with Crippen molar-refractivity contribution in [2.45, 2.75) is 43.8 Å². The molecule has 3 N–H and O–H groups in total. The van der Waals surface area contributed by atoms with E-state index in [0.29, 0.717) is 35.1 Å². The Bertz CT molecular complexity index is 1690. The number of nitrogens with zero attached hydrogens (tertiary/aromatic N) is 1. The molecule has 0 aliphatic heterocycles. The molecule has 1 atom stereocenters. The van der Waals surface area contributed by atoms with Crippen molar-refractivity contribution in [1.29, 1.82) is 0 Å². The maximum absolute atomic E-state index is 13.5. The van der Waals surface area contributed by atoms with Crippen molar-refractivity contribution in [2.24, 2.45) is 0 Å². The SMILES string of the molecule is CCOC(=O)Cc1csc(NC(=O)C(CC)Sc2cccc(NC(=O)/C(=C\c3cccc(C)c3)NC(=O)c3ccccc3)c2)n1. The molecule has 1 heterocycles. The van der Waals surface area contributed by atoms with Gasteiger partial charge in [0.1, 0.15) is 5.70 Å². The van der Waals surface area contributed by atoms with Gasteiger partial charge in [0.2, 0.25) is 5.91 Å². The van der Waals surface area contributed by atoms with Gasteiger partial charge in [-0.3, -0.25) is 19.2 Å². The fraction of sp³-hybridized carbons (Fsp3) is 0.206. The zero-order valence-electron chi connectivity index (χ0n) is 25.2. The molecule has 0 spiro atoms. The molecule has 3 aromatic carbocycles. The zero-order valence-corrected chi connectivity index (χ0v) is 26.8. The number of hydrogen-bond acceptors (Lipinski definition) is 8. The van der Waals surface area contributed by atoms with Crippen LogP contribution in [0, 0.1) is 6.92 Å². The lowest BCUT2D eigenvalue weighted by Crippen LogP contribution is -2.30. The number of benzene rings is 3. The smallest absolute Gasteiger partial charge is 0.311 e. The number of rotatable bonds is 13. The van der Waals surface area contributed by atoms with E-state index in [2.05, 4.69) is 20.9 Å². The third-order valence-electron chi connectivity index (χ3n) is 6.33. The van der Waals surface area contributed by atoms with Crippen molar-refractivity contribution in [3.8, 4) is 0 Å². The summed E-state index contributed by atoms with van der Waals surface area (Å²) in [6.45, 7) is 5.90. The van der Waals surface area contributed by atoms with Crippen LogP contribution in [0.1, 0.15) is 47.4 Å². The Kier molecular flexibility index (Phi) is 12.1. The number of carbonyl (C=O) groups is 4. The fourth-order valence-electron chi connectivity index (χ4n) is 4.19. The molecular formula is C34H34N4O5S2. The Balaban J connectivity index is 1.44. The number of amides is 3. The molecule has 0 aliphatic rings. The van der Waals surface area contributed by atoms with E-state index in [1.54, 1.807) is 60.8 Å². The van der Waals surface area contributed by atoms with Gasteiger partial charge in [-0.15, -0.1) is 23.1 Å². The van der Waals surface area contributed by atoms with Crippen LogP contribution in [0.5, 0.6) is 0 Å². The molecule has 0 saturated heterocycles. The van der Waals surface area contributed by atoms with Gasteiger partial charge in [0, 0.05) is 21.5 Å². The lowest BCUT2D eigenvalue weighted by Gasteiger charge is -2.15. The Labute approximate surface area is 270 Å². The van der Waals surface area contributed by atoms with Crippen molar-refractivity contribution in [2.75, 3.05) is 17.2 Å². The van der Waals surface area contributed by atoms with Crippen LogP contribution in [0.25, 0.3) is 6.08 Å². The first-order valence-corrected chi connectivity index (χ1v) is 16.1. The molecule has 0 saturated carbocycles. The number of aryl methyl sites for hydroxylation is 1. The Morgan fingerprint density at radius 2 is 1.73 bits per heavy atom. The topological polar surface area (TPSA) is 126 Å². The highest BCUT2D eigenvalue weighted by molar-refractivity contribution is 8.00. The number of thioether (sulfide) groups is 1. The van der Waals surface area contributed by atoms with Crippen LogP contribution in [0.15, 0.2) is 94.8 Å². The molecule has 1 aromatic heterocycles. The number of ether oxygens (including phenoxy) is 1. The van der Waals surface area contributed by atoms with Crippen LogP contribution < -0.4 is 16.0 Å².